The molecule has 0 fully saturated rings. The van der Waals surface area contributed by atoms with E-state index in [1.807, 2.05) is 12.1 Å². The number of rotatable bonds is 11. The molecular weight excluding hydrogens is 603 g/mol. The summed E-state index contributed by atoms with van der Waals surface area (Å²) in [6, 6.07) is 31.2. The summed E-state index contributed by atoms with van der Waals surface area (Å²) in [5.74, 6) is -0.566. The van der Waals surface area contributed by atoms with Gasteiger partial charge in [-0.2, -0.15) is 0 Å². The van der Waals surface area contributed by atoms with Crippen LogP contribution in [0.3, 0.4) is 0 Å². The average molecular weight is 638 g/mol. The van der Waals surface area contributed by atoms with E-state index in [4.69, 9.17) is 5.73 Å². The van der Waals surface area contributed by atoms with Gasteiger partial charge in [-0.3, -0.25) is 13.4 Å². The van der Waals surface area contributed by atoms with Crippen molar-refractivity contribution in [2.75, 3.05) is 34.8 Å². The van der Waals surface area contributed by atoms with E-state index in [1.165, 1.54) is 28.2 Å². The Morgan fingerprint density at radius 2 is 0.977 bits per heavy atom. The fourth-order valence-corrected chi connectivity index (χ4v) is 5.87. The van der Waals surface area contributed by atoms with Crippen molar-refractivity contribution in [2.45, 2.75) is 13.1 Å². The van der Waals surface area contributed by atoms with Crippen LogP contribution >= 0.6 is 0 Å². The Kier molecular flexibility index (Phi) is 11.8. The summed E-state index contributed by atoms with van der Waals surface area (Å²) in [5, 5.41) is 0. The molecule has 0 bridgehead atoms. The molecule has 0 heterocycles. The number of para-hydroxylation sites is 2. The van der Waals surface area contributed by atoms with E-state index >= 15 is 0 Å². The maximum Gasteiger partial charge on any atom is 0.337 e. The predicted octanol–water partition coefficient (Wildman–Crippen LogP) is 4.23. The van der Waals surface area contributed by atoms with Gasteiger partial charge < -0.3 is 10.5 Å². The second-order valence-corrected chi connectivity index (χ2v) is 13.5. The fourth-order valence-electron chi connectivity index (χ4n) is 4.10. The molecule has 4 rings (SSSR count). The highest BCUT2D eigenvalue weighted by Crippen LogP contribution is 2.21. The number of anilines is 2. The molecule has 0 aromatic heterocycles. The number of hydrogen-bond donors (Lipinski definition) is 1. The number of carbonyl (C=O) groups is 2. The lowest BCUT2D eigenvalue weighted by molar-refractivity contribution is 0.0600. The number of Topliss-reactive ketones (excluding diaryl/α,β-unsaturated/α-hetero) is 1. The van der Waals surface area contributed by atoms with Gasteiger partial charge in [0.2, 0.25) is 20.0 Å². The molecule has 0 saturated heterocycles. The molecule has 0 unspecified atom stereocenters. The van der Waals surface area contributed by atoms with Crippen LogP contribution in [0.25, 0.3) is 0 Å². The second-order valence-electron chi connectivity index (χ2n) is 9.72. The van der Waals surface area contributed by atoms with Crippen molar-refractivity contribution < 1.29 is 31.2 Å². The third kappa shape index (κ3) is 9.76. The lowest BCUT2D eigenvalue weighted by atomic mass is 10.1. The number of nitrogens with two attached hydrogens (primary N) is 1. The van der Waals surface area contributed by atoms with Crippen molar-refractivity contribution in [3.63, 3.8) is 0 Å². The molecule has 10 nitrogen and oxygen atoms in total. The lowest BCUT2D eigenvalue weighted by Crippen LogP contribution is -2.29. The van der Waals surface area contributed by atoms with Gasteiger partial charge in [-0.15, -0.1) is 0 Å². The number of sulfonamides is 2. The van der Waals surface area contributed by atoms with Crippen molar-refractivity contribution >= 4 is 43.2 Å². The van der Waals surface area contributed by atoms with Crippen LogP contribution in [0.5, 0.6) is 0 Å². The van der Waals surface area contributed by atoms with Crippen LogP contribution in [0.2, 0.25) is 0 Å². The molecule has 2 N–H and O–H groups in total. The maximum absolute atomic E-state index is 12.0. The van der Waals surface area contributed by atoms with Gasteiger partial charge in [0.15, 0.2) is 5.78 Å². The molecule has 0 spiro atoms. The number of methoxy groups -OCH3 is 1. The topological polar surface area (TPSA) is 144 Å². The van der Waals surface area contributed by atoms with Crippen LogP contribution in [0.4, 0.5) is 11.4 Å². The summed E-state index contributed by atoms with van der Waals surface area (Å²) >= 11 is 0. The number of benzene rings is 4. The summed E-state index contributed by atoms with van der Waals surface area (Å²) in [4.78, 5) is 22.9. The fraction of sp³-hybridized carbons (Fsp3) is 0.188. The maximum atomic E-state index is 12.0. The smallest absolute Gasteiger partial charge is 0.337 e. The van der Waals surface area contributed by atoms with Crippen molar-refractivity contribution in [3.8, 4) is 0 Å². The third-order valence-electron chi connectivity index (χ3n) is 6.38. The Balaban J connectivity index is 0.000000240. The highest BCUT2D eigenvalue weighted by atomic mass is 32.2. The van der Waals surface area contributed by atoms with Crippen LogP contribution in [-0.2, 0) is 37.9 Å². The quantitative estimate of drug-likeness (QED) is 0.190. The van der Waals surface area contributed by atoms with Crippen molar-refractivity contribution in [1.82, 2.24) is 0 Å². The van der Waals surface area contributed by atoms with Gasteiger partial charge in [0.05, 0.1) is 56.2 Å². The minimum atomic E-state index is -3.41. The first kappa shape index (κ1) is 34.0. The van der Waals surface area contributed by atoms with Gasteiger partial charge in [0.1, 0.15) is 0 Å². The monoisotopic (exact) mass is 637 g/mol. The second kappa shape index (κ2) is 15.3. The summed E-state index contributed by atoms with van der Waals surface area (Å²) in [6.07, 6.45) is 2.34. The predicted molar refractivity (Wildman–Crippen MR) is 173 cm³/mol. The van der Waals surface area contributed by atoms with E-state index in [2.05, 4.69) is 4.74 Å². The lowest BCUT2D eigenvalue weighted by Gasteiger charge is -2.22. The summed E-state index contributed by atoms with van der Waals surface area (Å²) in [6.45, 7) is 0.364. The Morgan fingerprint density at radius 1 is 0.614 bits per heavy atom. The zero-order valence-electron chi connectivity index (χ0n) is 24.7. The summed E-state index contributed by atoms with van der Waals surface area (Å²) in [5.41, 5.74) is 9.05. The zero-order valence-corrected chi connectivity index (χ0v) is 26.3. The van der Waals surface area contributed by atoms with E-state index in [1.54, 1.807) is 97.1 Å². The molecule has 44 heavy (non-hydrogen) atoms. The van der Waals surface area contributed by atoms with E-state index in [0.717, 1.165) is 11.1 Å². The highest BCUT2D eigenvalue weighted by Gasteiger charge is 2.19. The first-order valence-corrected chi connectivity index (χ1v) is 17.1. The van der Waals surface area contributed by atoms with Gasteiger partial charge in [0, 0.05) is 5.56 Å². The molecule has 0 atom stereocenters. The standard InChI is InChI=1S/C16H18N2O3S.C16H17NO4S/c1-22(20,21)18(15-5-3-2-4-6-15)12-13-7-9-14(10-8-13)16(19)11-17;1-21-16(18)14-10-8-13(9-11-14)12-17(22(2,19)20)15-6-4-3-5-7-15/h2-10H,11-12,17H2,1H3;3-11H,12H2,1-2H3. The number of ketones is 1. The minimum Gasteiger partial charge on any atom is -0.465 e. The van der Waals surface area contributed by atoms with E-state index < -0.39 is 26.0 Å². The van der Waals surface area contributed by atoms with E-state index in [-0.39, 0.29) is 25.4 Å². The third-order valence-corrected chi connectivity index (χ3v) is 8.66. The molecule has 4 aromatic rings. The van der Waals surface area contributed by atoms with Crippen molar-refractivity contribution in [2.24, 2.45) is 5.73 Å². The van der Waals surface area contributed by atoms with Gasteiger partial charge in [0.25, 0.3) is 0 Å². The Hall–Kier alpha value is -4.52. The SMILES string of the molecule is COC(=O)c1ccc(CN(c2ccccc2)S(C)(=O)=O)cc1.CS(=O)(=O)N(Cc1ccc(C(=O)CN)cc1)c1ccccc1. The minimum absolute atomic E-state index is 0.0428. The van der Waals surface area contributed by atoms with Crippen molar-refractivity contribution in [1.29, 1.82) is 0 Å². The number of carbonyl (C=O) groups excluding carboxylic acids is 2. The normalized spacial score (nSPS) is 11.1. The summed E-state index contributed by atoms with van der Waals surface area (Å²) in [7, 11) is -5.49. The van der Waals surface area contributed by atoms with E-state index in [0.29, 0.717) is 22.5 Å². The van der Waals surface area contributed by atoms with Gasteiger partial charge in [-0.05, 0) is 47.5 Å². The van der Waals surface area contributed by atoms with Gasteiger partial charge >= 0.3 is 5.97 Å². The average Bonchev–Trinajstić information content (AvgIpc) is 3.02. The first-order valence-electron chi connectivity index (χ1n) is 13.4. The van der Waals surface area contributed by atoms with Gasteiger partial charge in [-0.25, -0.2) is 21.6 Å². The zero-order chi connectivity index (χ0) is 32.3. The van der Waals surface area contributed by atoms with Crippen LogP contribution in [-0.4, -0.2) is 54.8 Å². The molecule has 0 amide bonds. The number of hydrogen-bond acceptors (Lipinski definition) is 8. The van der Waals surface area contributed by atoms with Crippen LogP contribution in [0, 0.1) is 0 Å². The molecule has 4 aromatic carbocycles. The van der Waals surface area contributed by atoms with Crippen LogP contribution in [0.1, 0.15) is 31.8 Å². The summed E-state index contributed by atoms with van der Waals surface area (Å²) < 4.78 is 55.3. The Bertz CT molecular complexity index is 1610. The van der Waals surface area contributed by atoms with Crippen LogP contribution in [0.15, 0.2) is 109 Å². The van der Waals surface area contributed by atoms with Gasteiger partial charge in [-0.1, -0.05) is 72.8 Å². The molecule has 0 aliphatic rings. The molecule has 0 aliphatic heterocycles. The molecular formula is C32H35N3O7S2. The van der Waals surface area contributed by atoms with Crippen LogP contribution < -0.4 is 14.3 Å². The van der Waals surface area contributed by atoms with Crippen molar-refractivity contribution in [3.05, 3.63) is 131 Å². The molecule has 232 valence electrons. The molecule has 0 saturated carbocycles. The molecule has 0 radical (unpaired) electrons. The molecule has 0 aliphatic carbocycles. The first-order chi connectivity index (χ1) is 20.8. The number of ether oxygens (including phenoxy) is 1. The molecule has 12 heteroatoms. The Morgan fingerprint density at radius 3 is 1.30 bits per heavy atom. The number of esters is 1. The largest absolute Gasteiger partial charge is 0.465 e. The van der Waals surface area contributed by atoms with E-state index in [9.17, 15) is 26.4 Å². The highest BCUT2D eigenvalue weighted by molar-refractivity contribution is 7.92. The number of nitrogens with zero attached hydrogens (tertiary/aromatic N) is 2. The Labute approximate surface area is 258 Å².